The summed E-state index contributed by atoms with van der Waals surface area (Å²) in [4.78, 5) is 31.4. The highest BCUT2D eigenvalue weighted by molar-refractivity contribution is 8.14. The van der Waals surface area contributed by atoms with Crippen molar-refractivity contribution in [1.82, 2.24) is 14.8 Å². The third-order valence-electron chi connectivity index (χ3n) is 5.95. The number of amidine groups is 1. The van der Waals surface area contributed by atoms with E-state index in [1.165, 1.54) is 11.8 Å². The van der Waals surface area contributed by atoms with Crippen molar-refractivity contribution in [3.05, 3.63) is 76.2 Å². The summed E-state index contributed by atoms with van der Waals surface area (Å²) in [5, 5.41) is 5.07. The summed E-state index contributed by atoms with van der Waals surface area (Å²) in [5.74, 6) is 0.811. The van der Waals surface area contributed by atoms with Gasteiger partial charge in [-0.1, -0.05) is 42.1 Å². The van der Waals surface area contributed by atoms with E-state index in [1.54, 1.807) is 4.68 Å². The summed E-state index contributed by atoms with van der Waals surface area (Å²) in [5.41, 5.74) is 7.61. The highest BCUT2D eigenvalue weighted by Gasteiger charge is 2.22. The summed E-state index contributed by atoms with van der Waals surface area (Å²) in [7, 11) is 1.85. The van der Waals surface area contributed by atoms with Gasteiger partial charge in [0, 0.05) is 31.5 Å². The summed E-state index contributed by atoms with van der Waals surface area (Å²) >= 11 is 1.51. The number of para-hydroxylation sites is 1. The van der Waals surface area contributed by atoms with Crippen LogP contribution >= 0.6 is 11.8 Å². The van der Waals surface area contributed by atoms with Gasteiger partial charge in [-0.25, -0.2) is 9.67 Å². The fourth-order valence-corrected chi connectivity index (χ4v) is 4.83. The van der Waals surface area contributed by atoms with Gasteiger partial charge in [-0.2, -0.15) is 5.10 Å². The number of carbonyl (C=O) groups excluding carboxylic acids is 1. The maximum Gasteiger partial charge on any atom is 0.297 e. The lowest BCUT2D eigenvalue weighted by Gasteiger charge is -2.17. The normalized spacial score (nSPS) is 17.4. The average molecular weight is 461 g/mol. The lowest BCUT2D eigenvalue weighted by molar-refractivity contribution is -0.117. The highest BCUT2D eigenvalue weighted by atomic mass is 32.2. The van der Waals surface area contributed by atoms with Gasteiger partial charge in [0.25, 0.3) is 5.56 Å². The molecule has 0 saturated carbocycles. The molecule has 0 unspecified atom stereocenters. The molecule has 0 aliphatic carbocycles. The number of aliphatic imine (C=N–C) groups is 1. The second-order valence-electron chi connectivity index (χ2n) is 7.98. The van der Waals surface area contributed by atoms with E-state index in [2.05, 4.69) is 15.5 Å². The zero-order valence-electron chi connectivity index (χ0n) is 18.5. The first-order valence-electron chi connectivity index (χ1n) is 10.8. The molecule has 168 valence electrons. The largest absolute Gasteiger partial charge is 0.312 e. The molecule has 0 bridgehead atoms. The number of nitrogens with zero attached hydrogens (tertiary/aromatic N) is 5. The number of hydrogen-bond donors (Lipinski definition) is 1. The van der Waals surface area contributed by atoms with Crippen LogP contribution in [-0.4, -0.2) is 38.4 Å². The van der Waals surface area contributed by atoms with Crippen LogP contribution in [0.5, 0.6) is 0 Å². The Morgan fingerprint density at radius 3 is 2.42 bits per heavy atom. The van der Waals surface area contributed by atoms with Gasteiger partial charge in [0.15, 0.2) is 10.9 Å². The van der Waals surface area contributed by atoms with Crippen molar-refractivity contribution >= 4 is 39.9 Å². The highest BCUT2D eigenvalue weighted by Crippen LogP contribution is 2.24. The number of hydrazone groups is 1. The molecule has 2 aliphatic rings. The van der Waals surface area contributed by atoms with E-state index >= 15 is 0 Å². The maximum atomic E-state index is 13.1. The first-order valence-corrected chi connectivity index (χ1v) is 11.8. The topological polar surface area (TPSA) is 84.0 Å². The van der Waals surface area contributed by atoms with Crippen molar-refractivity contribution in [2.45, 2.75) is 19.8 Å². The number of rotatable bonds is 4. The quantitative estimate of drug-likeness (QED) is 0.647. The van der Waals surface area contributed by atoms with Crippen LogP contribution in [0.25, 0.3) is 5.69 Å². The lowest BCUT2D eigenvalue weighted by atomic mass is 10.1. The summed E-state index contributed by atoms with van der Waals surface area (Å²) < 4.78 is 3.43. The maximum absolute atomic E-state index is 13.1. The molecule has 9 heteroatoms. The van der Waals surface area contributed by atoms with Crippen molar-refractivity contribution in [2.24, 2.45) is 17.1 Å². The fourth-order valence-electron chi connectivity index (χ4n) is 4.06. The molecule has 8 nitrogen and oxygen atoms in total. The molecule has 1 fully saturated rings. The molecule has 0 radical (unpaired) electrons. The number of hydrogen-bond acceptors (Lipinski definition) is 5. The molecule has 0 atom stereocenters. The number of anilines is 1. The molecule has 1 amide bonds. The SMILES string of the molecule is Cc1c(N=C2NN=C(c3ccc(N4CCCC4=O)cc3)CS2)c(=O)n(-c2ccccc2)n1C. The molecule has 2 aromatic carbocycles. The van der Waals surface area contributed by atoms with Crippen LogP contribution in [0.15, 0.2) is 69.5 Å². The molecule has 33 heavy (non-hydrogen) atoms. The number of amides is 1. The Kier molecular flexibility index (Phi) is 5.63. The fraction of sp³-hybridized carbons (Fsp3) is 0.250. The molecule has 1 saturated heterocycles. The molecular formula is C24H24N6O2S. The number of carbonyl (C=O) groups is 1. The standard InChI is InChI=1S/C24H24N6O2S/c1-16-22(23(32)30(28(16)2)19-7-4-3-5-8-19)25-24-27-26-20(15-33-24)17-10-12-18(13-11-17)29-14-6-9-21(29)31/h3-5,7-8,10-13H,6,9,14-15H2,1-2H3,(H,25,27). The molecule has 5 rings (SSSR count). The van der Waals surface area contributed by atoms with Crippen LogP contribution in [0.2, 0.25) is 0 Å². The summed E-state index contributed by atoms with van der Waals surface area (Å²) in [6.07, 6.45) is 1.53. The lowest BCUT2D eigenvalue weighted by Crippen LogP contribution is -2.26. The second-order valence-corrected chi connectivity index (χ2v) is 8.95. The predicted octanol–water partition coefficient (Wildman–Crippen LogP) is 3.34. The Hall–Kier alpha value is -3.59. The molecule has 1 N–H and O–H groups in total. The van der Waals surface area contributed by atoms with E-state index in [-0.39, 0.29) is 11.5 Å². The van der Waals surface area contributed by atoms with Crippen molar-refractivity contribution in [1.29, 1.82) is 0 Å². The van der Waals surface area contributed by atoms with Gasteiger partial charge >= 0.3 is 0 Å². The van der Waals surface area contributed by atoms with Crippen LogP contribution < -0.4 is 15.9 Å². The Balaban J connectivity index is 1.36. The van der Waals surface area contributed by atoms with Gasteiger partial charge in [-0.15, -0.1) is 0 Å². The zero-order valence-corrected chi connectivity index (χ0v) is 19.3. The monoisotopic (exact) mass is 460 g/mol. The van der Waals surface area contributed by atoms with Crippen molar-refractivity contribution in [3.8, 4) is 5.69 Å². The van der Waals surface area contributed by atoms with Crippen LogP contribution in [0, 0.1) is 6.92 Å². The second kappa shape index (κ2) is 8.74. The smallest absolute Gasteiger partial charge is 0.297 e. The Morgan fingerprint density at radius 2 is 1.79 bits per heavy atom. The number of benzene rings is 2. The number of nitrogens with one attached hydrogen (secondary N) is 1. The Morgan fingerprint density at radius 1 is 1.03 bits per heavy atom. The van der Waals surface area contributed by atoms with E-state index in [0.717, 1.165) is 41.3 Å². The molecule has 3 heterocycles. The Bertz CT molecular complexity index is 1320. The summed E-state index contributed by atoms with van der Waals surface area (Å²) in [6, 6.07) is 17.4. The first-order chi connectivity index (χ1) is 16.0. The molecule has 1 aromatic heterocycles. The van der Waals surface area contributed by atoms with Gasteiger partial charge in [0.1, 0.15) is 0 Å². The van der Waals surface area contributed by atoms with Crippen molar-refractivity contribution < 1.29 is 4.79 Å². The average Bonchev–Trinajstić information content (AvgIpc) is 3.37. The first kappa shape index (κ1) is 21.3. The van der Waals surface area contributed by atoms with Crippen molar-refractivity contribution in [2.75, 3.05) is 17.2 Å². The predicted molar refractivity (Wildman–Crippen MR) is 133 cm³/mol. The van der Waals surface area contributed by atoms with Crippen LogP contribution in [-0.2, 0) is 11.8 Å². The molecular weight excluding hydrogens is 436 g/mol. The minimum atomic E-state index is -0.169. The van der Waals surface area contributed by atoms with E-state index < -0.39 is 0 Å². The van der Waals surface area contributed by atoms with E-state index in [9.17, 15) is 9.59 Å². The van der Waals surface area contributed by atoms with E-state index in [0.29, 0.717) is 23.0 Å². The molecule has 0 spiro atoms. The third-order valence-corrected chi connectivity index (χ3v) is 6.83. The van der Waals surface area contributed by atoms with Crippen LogP contribution in [0.3, 0.4) is 0 Å². The van der Waals surface area contributed by atoms with Crippen LogP contribution in [0.1, 0.15) is 24.1 Å². The summed E-state index contributed by atoms with van der Waals surface area (Å²) in [6.45, 7) is 2.66. The van der Waals surface area contributed by atoms with E-state index in [1.807, 2.05) is 78.2 Å². The minimum Gasteiger partial charge on any atom is -0.312 e. The Labute approximate surface area is 195 Å². The third kappa shape index (κ3) is 4.00. The minimum absolute atomic E-state index is 0.169. The van der Waals surface area contributed by atoms with Gasteiger partial charge in [0.2, 0.25) is 5.91 Å². The zero-order chi connectivity index (χ0) is 22.9. The van der Waals surface area contributed by atoms with Crippen molar-refractivity contribution in [3.63, 3.8) is 0 Å². The van der Waals surface area contributed by atoms with Gasteiger partial charge in [-0.3, -0.25) is 19.7 Å². The van der Waals surface area contributed by atoms with Gasteiger partial charge in [0.05, 0.1) is 17.1 Å². The molecule has 2 aliphatic heterocycles. The van der Waals surface area contributed by atoms with Crippen LogP contribution in [0.4, 0.5) is 11.4 Å². The number of aromatic nitrogens is 2. The van der Waals surface area contributed by atoms with E-state index in [4.69, 9.17) is 0 Å². The number of thioether (sulfide) groups is 1. The van der Waals surface area contributed by atoms with Gasteiger partial charge in [-0.05, 0) is 43.2 Å². The van der Waals surface area contributed by atoms with Gasteiger partial charge < -0.3 is 4.90 Å². The molecule has 3 aromatic rings.